The number of aliphatic carboxylic acids is 1. The number of ether oxygens (including phenoxy) is 1. The van der Waals surface area contributed by atoms with E-state index in [1.165, 1.54) is 0 Å². The molecule has 0 radical (unpaired) electrons. The summed E-state index contributed by atoms with van der Waals surface area (Å²) in [5, 5.41) is 8.66. The van der Waals surface area contributed by atoms with Crippen LogP contribution < -0.4 is 4.72 Å². The maximum atomic E-state index is 12.0. The lowest BCUT2D eigenvalue weighted by Crippen LogP contribution is -2.48. The van der Waals surface area contributed by atoms with E-state index in [9.17, 15) is 13.2 Å². The van der Waals surface area contributed by atoms with E-state index in [4.69, 9.17) is 21.4 Å². The van der Waals surface area contributed by atoms with Gasteiger partial charge >= 0.3 is 5.97 Å². The molecule has 2 atom stereocenters. The van der Waals surface area contributed by atoms with Crippen molar-refractivity contribution in [1.82, 2.24) is 4.72 Å². The van der Waals surface area contributed by atoms with Gasteiger partial charge < -0.3 is 9.84 Å². The van der Waals surface area contributed by atoms with Gasteiger partial charge in [0.2, 0.25) is 10.0 Å². The summed E-state index contributed by atoms with van der Waals surface area (Å²) in [6.07, 6.45) is 0.788. The summed E-state index contributed by atoms with van der Waals surface area (Å²) in [4.78, 5) is 10.9. The first kappa shape index (κ1) is 17.2. The Morgan fingerprint density at radius 3 is 2.68 bits per heavy atom. The number of sulfonamides is 1. The molecule has 1 fully saturated rings. The molecule has 2 unspecified atom stereocenters. The Kier molecular flexibility index (Phi) is 5.80. The topological polar surface area (TPSA) is 92.7 Å². The number of benzene rings is 1. The Labute approximate surface area is 134 Å². The van der Waals surface area contributed by atoms with Crippen LogP contribution in [-0.2, 0) is 26.2 Å². The SMILES string of the molecule is O=C(O)C1CCC1S(=O)(=O)NCCOCc1ccccc1Cl. The van der Waals surface area contributed by atoms with Crippen molar-refractivity contribution in [2.75, 3.05) is 13.2 Å². The second-order valence-corrected chi connectivity index (χ2v) is 7.54. The van der Waals surface area contributed by atoms with Gasteiger partial charge in [-0.3, -0.25) is 4.79 Å². The van der Waals surface area contributed by atoms with Gasteiger partial charge in [0, 0.05) is 11.6 Å². The molecule has 2 N–H and O–H groups in total. The van der Waals surface area contributed by atoms with E-state index in [2.05, 4.69) is 4.72 Å². The molecule has 0 heterocycles. The number of hydrogen-bond acceptors (Lipinski definition) is 4. The second-order valence-electron chi connectivity index (χ2n) is 5.14. The van der Waals surface area contributed by atoms with Crippen LogP contribution in [0, 0.1) is 5.92 Å². The Balaban J connectivity index is 1.72. The normalized spacial score (nSPS) is 21.3. The van der Waals surface area contributed by atoms with Crippen molar-refractivity contribution in [2.45, 2.75) is 24.7 Å². The maximum absolute atomic E-state index is 12.0. The molecule has 2 rings (SSSR count). The van der Waals surface area contributed by atoms with Crippen LogP contribution in [0.25, 0.3) is 0 Å². The molecular weight excluding hydrogens is 330 g/mol. The largest absolute Gasteiger partial charge is 0.481 e. The lowest BCUT2D eigenvalue weighted by atomic mass is 9.85. The van der Waals surface area contributed by atoms with Gasteiger partial charge in [-0.05, 0) is 24.5 Å². The van der Waals surface area contributed by atoms with E-state index in [0.717, 1.165) is 5.56 Å². The maximum Gasteiger partial charge on any atom is 0.307 e. The van der Waals surface area contributed by atoms with E-state index in [1.807, 2.05) is 18.2 Å². The van der Waals surface area contributed by atoms with E-state index in [0.29, 0.717) is 24.5 Å². The van der Waals surface area contributed by atoms with E-state index >= 15 is 0 Å². The van der Waals surface area contributed by atoms with Crippen LogP contribution >= 0.6 is 11.6 Å². The zero-order valence-electron chi connectivity index (χ0n) is 11.9. The molecule has 0 aromatic heterocycles. The minimum absolute atomic E-state index is 0.107. The van der Waals surface area contributed by atoms with Gasteiger partial charge in [-0.1, -0.05) is 29.8 Å². The van der Waals surface area contributed by atoms with Gasteiger partial charge in [0.25, 0.3) is 0 Å². The fourth-order valence-electron chi connectivity index (χ4n) is 2.28. The van der Waals surface area contributed by atoms with Crippen LogP contribution in [0.1, 0.15) is 18.4 Å². The Bertz CT molecular complexity index is 634. The summed E-state index contributed by atoms with van der Waals surface area (Å²) in [5.41, 5.74) is 0.831. The van der Waals surface area contributed by atoms with Gasteiger partial charge in [0.15, 0.2) is 0 Å². The van der Waals surface area contributed by atoms with Gasteiger partial charge in [0.1, 0.15) is 0 Å². The minimum atomic E-state index is -3.61. The quantitative estimate of drug-likeness (QED) is 0.697. The van der Waals surface area contributed by atoms with Crippen molar-refractivity contribution < 1.29 is 23.1 Å². The van der Waals surface area contributed by atoms with Gasteiger partial charge in [-0.25, -0.2) is 13.1 Å². The molecule has 1 aromatic carbocycles. The molecule has 1 aromatic rings. The molecule has 0 saturated heterocycles. The molecule has 22 heavy (non-hydrogen) atoms. The van der Waals surface area contributed by atoms with Crippen LogP contribution in [0.15, 0.2) is 24.3 Å². The highest BCUT2D eigenvalue weighted by Gasteiger charge is 2.44. The molecule has 6 nitrogen and oxygen atoms in total. The Morgan fingerprint density at radius 2 is 2.09 bits per heavy atom. The van der Waals surface area contributed by atoms with Gasteiger partial charge in [0.05, 0.1) is 24.4 Å². The summed E-state index contributed by atoms with van der Waals surface area (Å²) >= 11 is 5.98. The number of rotatable bonds is 8. The third kappa shape index (κ3) is 4.19. The Morgan fingerprint density at radius 1 is 1.36 bits per heavy atom. The molecule has 1 aliphatic carbocycles. The van der Waals surface area contributed by atoms with Crippen LogP contribution in [0.2, 0.25) is 5.02 Å². The Hall–Kier alpha value is -1.15. The summed E-state index contributed by atoms with van der Waals surface area (Å²) in [5.74, 6) is -1.86. The highest BCUT2D eigenvalue weighted by atomic mass is 35.5. The van der Waals surface area contributed by atoms with Crippen molar-refractivity contribution in [3.8, 4) is 0 Å². The predicted molar refractivity (Wildman–Crippen MR) is 82.2 cm³/mol. The average Bonchev–Trinajstić information content (AvgIpc) is 2.37. The highest BCUT2D eigenvalue weighted by molar-refractivity contribution is 7.90. The first-order valence-corrected chi connectivity index (χ1v) is 8.86. The number of halogens is 1. The minimum Gasteiger partial charge on any atom is -0.481 e. The van der Waals surface area contributed by atoms with E-state index in [1.54, 1.807) is 6.07 Å². The molecular formula is C14H18ClNO5S. The number of carboxylic acid groups (broad SMARTS) is 1. The lowest BCUT2D eigenvalue weighted by molar-refractivity contribution is -0.144. The molecule has 122 valence electrons. The monoisotopic (exact) mass is 347 g/mol. The van der Waals surface area contributed by atoms with Crippen LogP contribution in [0.4, 0.5) is 0 Å². The summed E-state index contributed by atoms with van der Waals surface area (Å²) < 4.78 is 31.7. The summed E-state index contributed by atoms with van der Waals surface area (Å²) in [6.45, 7) is 0.590. The third-order valence-electron chi connectivity index (χ3n) is 3.69. The summed E-state index contributed by atoms with van der Waals surface area (Å²) in [6, 6.07) is 7.25. The first-order chi connectivity index (χ1) is 10.4. The standard InChI is InChI=1S/C14H18ClNO5S/c15-12-4-2-1-3-10(12)9-21-8-7-16-22(19,20)13-6-5-11(13)14(17)18/h1-4,11,13,16H,5-9H2,(H,17,18). The van der Waals surface area contributed by atoms with Gasteiger partial charge in [-0.2, -0.15) is 0 Å². The van der Waals surface area contributed by atoms with Crippen molar-refractivity contribution in [3.05, 3.63) is 34.9 Å². The molecule has 0 spiro atoms. The summed E-state index contributed by atoms with van der Waals surface area (Å²) in [7, 11) is -3.61. The zero-order chi connectivity index (χ0) is 16.2. The van der Waals surface area contributed by atoms with Gasteiger partial charge in [-0.15, -0.1) is 0 Å². The smallest absolute Gasteiger partial charge is 0.307 e. The first-order valence-electron chi connectivity index (χ1n) is 6.94. The van der Waals surface area contributed by atoms with Crippen LogP contribution in [-0.4, -0.2) is 37.9 Å². The average molecular weight is 348 g/mol. The fraction of sp³-hybridized carbons (Fsp3) is 0.500. The molecule has 0 bridgehead atoms. The highest BCUT2D eigenvalue weighted by Crippen LogP contribution is 2.33. The third-order valence-corrected chi connectivity index (χ3v) is 6.03. The lowest BCUT2D eigenvalue weighted by Gasteiger charge is -2.32. The van der Waals surface area contributed by atoms with Crippen molar-refractivity contribution in [3.63, 3.8) is 0 Å². The molecule has 0 amide bonds. The van der Waals surface area contributed by atoms with Crippen molar-refractivity contribution in [1.29, 1.82) is 0 Å². The number of hydrogen-bond donors (Lipinski definition) is 2. The predicted octanol–water partition coefficient (Wildman–Crippen LogP) is 1.64. The number of carbonyl (C=O) groups is 1. The van der Waals surface area contributed by atoms with E-state index in [-0.39, 0.29) is 13.2 Å². The number of carboxylic acids is 1. The van der Waals surface area contributed by atoms with Crippen LogP contribution in [0.3, 0.4) is 0 Å². The number of nitrogens with one attached hydrogen (secondary N) is 1. The van der Waals surface area contributed by atoms with Crippen molar-refractivity contribution in [2.24, 2.45) is 5.92 Å². The molecule has 0 aliphatic heterocycles. The molecule has 1 saturated carbocycles. The van der Waals surface area contributed by atoms with Crippen LogP contribution in [0.5, 0.6) is 0 Å². The van der Waals surface area contributed by atoms with E-state index < -0.39 is 27.2 Å². The van der Waals surface area contributed by atoms with Crippen molar-refractivity contribution >= 4 is 27.6 Å². The fourth-order valence-corrected chi connectivity index (χ4v) is 4.19. The molecule has 8 heteroatoms. The zero-order valence-corrected chi connectivity index (χ0v) is 13.4. The second kappa shape index (κ2) is 7.41. The molecule has 1 aliphatic rings.